The Morgan fingerprint density at radius 3 is 2.00 bits per heavy atom. The van der Waals surface area contributed by atoms with Crippen molar-refractivity contribution in [3.8, 4) is 28.7 Å². The third kappa shape index (κ3) is 6.40. The number of allylic oxidation sites excluding steroid dienone is 1. The van der Waals surface area contributed by atoms with Crippen LogP contribution in [0.3, 0.4) is 0 Å². The monoisotopic (exact) mass is 553 g/mol. The first-order valence-electron chi connectivity index (χ1n) is 10.9. The first-order valence-corrected chi connectivity index (χ1v) is 11.7. The SMILES string of the molecule is COc1cccc(C(=O)C=CNc2cc(C=Cc3cc(OC)c(OC)c(OC)c3)cc(Br)c2OC)c1. The minimum absolute atomic E-state index is 0.155. The zero-order valence-corrected chi connectivity index (χ0v) is 22.3. The first kappa shape index (κ1) is 26.7. The fourth-order valence-corrected chi connectivity index (χ4v) is 4.13. The van der Waals surface area contributed by atoms with E-state index in [1.54, 1.807) is 66.0 Å². The lowest BCUT2D eigenvalue weighted by atomic mass is 10.1. The van der Waals surface area contributed by atoms with Gasteiger partial charge in [-0.1, -0.05) is 24.3 Å². The molecule has 0 radical (unpaired) electrons. The van der Waals surface area contributed by atoms with Crippen LogP contribution in [0.2, 0.25) is 0 Å². The van der Waals surface area contributed by atoms with E-state index in [0.717, 1.165) is 15.6 Å². The molecule has 0 heterocycles. The lowest BCUT2D eigenvalue weighted by Gasteiger charge is -2.13. The highest BCUT2D eigenvalue weighted by Gasteiger charge is 2.13. The van der Waals surface area contributed by atoms with Gasteiger partial charge in [0.25, 0.3) is 0 Å². The molecule has 0 atom stereocenters. The Morgan fingerprint density at radius 2 is 1.42 bits per heavy atom. The van der Waals surface area contributed by atoms with Gasteiger partial charge in [0.1, 0.15) is 5.75 Å². The molecule has 0 bridgehead atoms. The van der Waals surface area contributed by atoms with Crippen molar-refractivity contribution >= 4 is 39.6 Å². The van der Waals surface area contributed by atoms with E-state index < -0.39 is 0 Å². The smallest absolute Gasteiger partial charge is 0.203 e. The summed E-state index contributed by atoms with van der Waals surface area (Å²) < 4.78 is 27.7. The van der Waals surface area contributed by atoms with E-state index in [1.165, 1.54) is 6.08 Å². The Labute approximate surface area is 219 Å². The number of anilines is 1. The molecule has 3 aromatic carbocycles. The summed E-state index contributed by atoms with van der Waals surface area (Å²) in [6.07, 6.45) is 6.92. The molecule has 0 spiro atoms. The Morgan fingerprint density at radius 1 is 0.778 bits per heavy atom. The second-order valence-corrected chi connectivity index (χ2v) is 8.30. The average molecular weight is 554 g/mol. The quantitative estimate of drug-likeness (QED) is 0.165. The molecule has 0 aliphatic carbocycles. The number of rotatable bonds is 11. The van der Waals surface area contributed by atoms with Crippen molar-refractivity contribution in [2.24, 2.45) is 0 Å². The van der Waals surface area contributed by atoms with Crippen LogP contribution < -0.4 is 29.0 Å². The first-order chi connectivity index (χ1) is 17.4. The maximum atomic E-state index is 12.5. The van der Waals surface area contributed by atoms with Gasteiger partial charge in [0.2, 0.25) is 5.75 Å². The minimum atomic E-state index is -0.155. The van der Waals surface area contributed by atoms with E-state index in [4.69, 9.17) is 23.7 Å². The molecule has 0 amide bonds. The lowest BCUT2D eigenvalue weighted by Crippen LogP contribution is -1.99. The number of ketones is 1. The van der Waals surface area contributed by atoms with E-state index in [9.17, 15) is 4.79 Å². The maximum Gasteiger partial charge on any atom is 0.203 e. The predicted octanol–water partition coefficient (Wildman–Crippen LogP) is 6.47. The molecule has 0 saturated carbocycles. The molecule has 3 aromatic rings. The molecule has 0 aliphatic rings. The van der Waals surface area contributed by atoms with Crippen LogP contribution in [0.15, 0.2) is 65.3 Å². The van der Waals surface area contributed by atoms with Gasteiger partial charge in [-0.15, -0.1) is 0 Å². The fourth-order valence-electron chi connectivity index (χ4n) is 3.50. The van der Waals surface area contributed by atoms with E-state index in [1.807, 2.05) is 36.4 Å². The van der Waals surface area contributed by atoms with Crippen LogP contribution in [0.4, 0.5) is 5.69 Å². The van der Waals surface area contributed by atoms with Crippen molar-refractivity contribution < 1.29 is 28.5 Å². The largest absolute Gasteiger partial charge is 0.497 e. The molecule has 0 fully saturated rings. The molecule has 188 valence electrons. The third-order valence-electron chi connectivity index (χ3n) is 5.25. The van der Waals surface area contributed by atoms with Gasteiger partial charge in [-0.2, -0.15) is 0 Å². The van der Waals surface area contributed by atoms with Crippen LogP contribution in [-0.4, -0.2) is 41.3 Å². The number of halogens is 1. The molecule has 36 heavy (non-hydrogen) atoms. The van der Waals surface area contributed by atoms with Gasteiger partial charge in [-0.25, -0.2) is 0 Å². The Bertz CT molecular complexity index is 1260. The van der Waals surface area contributed by atoms with Gasteiger partial charge < -0.3 is 29.0 Å². The van der Waals surface area contributed by atoms with Crippen molar-refractivity contribution in [1.29, 1.82) is 0 Å². The van der Waals surface area contributed by atoms with Crippen LogP contribution in [0.5, 0.6) is 28.7 Å². The number of methoxy groups -OCH3 is 5. The van der Waals surface area contributed by atoms with Crippen LogP contribution in [0.25, 0.3) is 12.2 Å². The summed E-state index contributed by atoms with van der Waals surface area (Å²) in [6.45, 7) is 0. The lowest BCUT2D eigenvalue weighted by molar-refractivity contribution is 0.104. The zero-order valence-electron chi connectivity index (χ0n) is 20.8. The molecule has 3 rings (SSSR count). The summed E-state index contributed by atoms with van der Waals surface area (Å²) in [4.78, 5) is 12.5. The summed E-state index contributed by atoms with van der Waals surface area (Å²) in [7, 11) is 7.87. The number of hydrogen-bond acceptors (Lipinski definition) is 7. The topological polar surface area (TPSA) is 75.3 Å². The molecule has 0 aromatic heterocycles. The van der Waals surface area contributed by atoms with Crippen LogP contribution >= 0.6 is 15.9 Å². The summed E-state index contributed by atoms with van der Waals surface area (Å²) in [5, 5.41) is 3.15. The zero-order chi connectivity index (χ0) is 26.1. The van der Waals surface area contributed by atoms with Gasteiger partial charge in [0, 0.05) is 17.8 Å². The molecule has 0 aliphatic heterocycles. The second-order valence-electron chi connectivity index (χ2n) is 7.45. The molecule has 0 unspecified atom stereocenters. The summed E-state index contributed by atoms with van der Waals surface area (Å²) in [6, 6.07) is 14.6. The van der Waals surface area contributed by atoms with Crippen molar-refractivity contribution in [2.75, 3.05) is 40.9 Å². The van der Waals surface area contributed by atoms with Gasteiger partial charge in [0.05, 0.1) is 45.7 Å². The van der Waals surface area contributed by atoms with Crippen molar-refractivity contribution in [1.82, 2.24) is 0 Å². The normalized spacial score (nSPS) is 10.9. The number of nitrogens with one attached hydrogen (secondary N) is 1. The highest BCUT2D eigenvalue weighted by atomic mass is 79.9. The molecule has 8 heteroatoms. The van der Waals surface area contributed by atoms with Crippen LogP contribution in [0.1, 0.15) is 21.5 Å². The average Bonchev–Trinajstić information content (AvgIpc) is 2.90. The number of carbonyl (C=O) groups is 1. The third-order valence-corrected chi connectivity index (χ3v) is 5.84. The van der Waals surface area contributed by atoms with Crippen LogP contribution in [-0.2, 0) is 0 Å². The molecular formula is C28H28BrNO6. The van der Waals surface area contributed by atoms with Crippen molar-refractivity contribution in [2.45, 2.75) is 0 Å². The number of ether oxygens (including phenoxy) is 5. The standard InChI is InChI=1S/C28H28BrNO6/c1-32-21-8-6-7-20(17-21)24(31)11-12-30-23-14-18(13-22(29)27(23)35-4)9-10-19-15-25(33-2)28(36-5)26(16-19)34-3/h6-17,30H,1-5H3. The Hall–Kier alpha value is -3.91. The van der Waals surface area contributed by atoms with Gasteiger partial charge >= 0.3 is 0 Å². The van der Waals surface area contributed by atoms with Gasteiger partial charge in [-0.3, -0.25) is 4.79 Å². The molecular weight excluding hydrogens is 526 g/mol. The predicted molar refractivity (Wildman–Crippen MR) is 146 cm³/mol. The number of carbonyl (C=O) groups excluding carboxylic acids is 1. The summed E-state index contributed by atoms with van der Waals surface area (Å²) in [5.74, 6) is 2.75. The summed E-state index contributed by atoms with van der Waals surface area (Å²) >= 11 is 3.56. The van der Waals surface area contributed by atoms with Crippen molar-refractivity contribution in [3.63, 3.8) is 0 Å². The van der Waals surface area contributed by atoms with Crippen LogP contribution in [0, 0.1) is 0 Å². The second kappa shape index (κ2) is 12.7. The molecule has 1 N–H and O–H groups in total. The van der Waals surface area contributed by atoms with E-state index >= 15 is 0 Å². The fraction of sp³-hybridized carbons (Fsp3) is 0.179. The highest BCUT2D eigenvalue weighted by molar-refractivity contribution is 9.10. The van der Waals surface area contributed by atoms with E-state index in [2.05, 4.69) is 21.2 Å². The number of benzene rings is 3. The van der Waals surface area contributed by atoms with Gasteiger partial charge in [-0.05, 0) is 63.5 Å². The van der Waals surface area contributed by atoms with E-state index in [-0.39, 0.29) is 5.78 Å². The Balaban J connectivity index is 1.85. The van der Waals surface area contributed by atoms with E-state index in [0.29, 0.717) is 40.0 Å². The highest BCUT2D eigenvalue weighted by Crippen LogP contribution is 2.39. The minimum Gasteiger partial charge on any atom is -0.497 e. The molecule has 0 saturated heterocycles. The van der Waals surface area contributed by atoms with Crippen molar-refractivity contribution in [3.05, 3.63) is 82.0 Å². The molecule has 7 nitrogen and oxygen atoms in total. The summed E-state index contributed by atoms with van der Waals surface area (Å²) in [5.41, 5.74) is 2.98. The maximum absolute atomic E-state index is 12.5. The Kier molecular flexibility index (Phi) is 9.41. The number of hydrogen-bond donors (Lipinski definition) is 1. The van der Waals surface area contributed by atoms with Gasteiger partial charge in [0.15, 0.2) is 23.0 Å².